The van der Waals surface area contributed by atoms with Crippen LogP contribution in [-0.2, 0) is 9.53 Å². The Balaban J connectivity index is 3.58. The highest BCUT2D eigenvalue weighted by Gasteiger charge is 2.08. The summed E-state index contributed by atoms with van der Waals surface area (Å²) in [5, 5.41) is 0. The molecule has 0 spiro atoms. The average molecular weight is 233 g/mol. The fraction of sp³-hybridized carbons (Fsp3) is 0.909. The van der Waals surface area contributed by atoms with E-state index in [1.165, 1.54) is 11.5 Å². The lowest BCUT2D eigenvalue weighted by atomic mass is 10.4. The number of likely N-dealkylation sites (N-methyl/N-ethyl adjacent to an activating group) is 1. The van der Waals surface area contributed by atoms with E-state index in [9.17, 15) is 4.79 Å². The van der Waals surface area contributed by atoms with Crippen LogP contribution in [0.5, 0.6) is 0 Å². The van der Waals surface area contributed by atoms with Crippen LogP contribution in [0.25, 0.3) is 0 Å². The highest BCUT2D eigenvalue weighted by atomic mass is 32.2. The molecule has 0 aliphatic carbocycles. The summed E-state index contributed by atoms with van der Waals surface area (Å²) < 4.78 is 4.92. The maximum Gasteiger partial charge on any atom is 0.320 e. The number of carbonyl (C=O) groups is 1. The largest absolute Gasteiger partial charge is 0.465 e. The zero-order valence-electron chi connectivity index (χ0n) is 10.1. The van der Waals surface area contributed by atoms with E-state index >= 15 is 0 Å². The van der Waals surface area contributed by atoms with Gasteiger partial charge in [-0.15, -0.1) is 0 Å². The van der Waals surface area contributed by atoms with Crippen molar-refractivity contribution in [3.63, 3.8) is 0 Å². The van der Waals surface area contributed by atoms with Crippen molar-refractivity contribution in [1.29, 1.82) is 0 Å². The molecule has 0 saturated carbocycles. The van der Waals surface area contributed by atoms with Gasteiger partial charge in [-0.05, 0) is 37.9 Å². The Hall–Kier alpha value is -0.220. The molecule has 0 aromatic heterocycles. The van der Waals surface area contributed by atoms with E-state index in [1.54, 1.807) is 0 Å². The van der Waals surface area contributed by atoms with Crippen LogP contribution >= 0.6 is 11.8 Å². The van der Waals surface area contributed by atoms with Crippen molar-refractivity contribution in [2.75, 3.05) is 37.7 Å². The summed E-state index contributed by atoms with van der Waals surface area (Å²) in [5.41, 5.74) is 0. The Morgan fingerprint density at radius 1 is 1.33 bits per heavy atom. The molecule has 90 valence electrons. The fourth-order valence-corrected chi connectivity index (χ4v) is 1.89. The van der Waals surface area contributed by atoms with Crippen LogP contribution in [-0.4, -0.2) is 48.6 Å². The van der Waals surface area contributed by atoms with Crippen molar-refractivity contribution in [3.8, 4) is 0 Å². The molecule has 0 aliphatic rings. The monoisotopic (exact) mass is 233 g/mol. The third kappa shape index (κ3) is 8.75. The second-order valence-electron chi connectivity index (χ2n) is 3.22. The van der Waals surface area contributed by atoms with Crippen LogP contribution in [0.3, 0.4) is 0 Å². The number of carbonyl (C=O) groups excluding carboxylic acids is 1. The molecule has 0 saturated heterocycles. The Morgan fingerprint density at radius 2 is 2.07 bits per heavy atom. The van der Waals surface area contributed by atoms with Gasteiger partial charge in [-0.3, -0.25) is 9.69 Å². The number of thioether (sulfide) groups is 1. The van der Waals surface area contributed by atoms with Gasteiger partial charge in [0.1, 0.15) is 0 Å². The van der Waals surface area contributed by atoms with Crippen molar-refractivity contribution in [2.24, 2.45) is 0 Å². The van der Waals surface area contributed by atoms with Crippen LogP contribution in [0.4, 0.5) is 0 Å². The normalized spacial score (nSPS) is 10.7. The minimum Gasteiger partial charge on any atom is -0.465 e. The molecule has 0 heterocycles. The first-order valence-corrected chi connectivity index (χ1v) is 6.85. The summed E-state index contributed by atoms with van der Waals surface area (Å²) in [7, 11) is 0. The van der Waals surface area contributed by atoms with E-state index < -0.39 is 0 Å². The van der Waals surface area contributed by atoms with E-state index in [2.05, 4.69) is 18.7 Å². The van der Waals surface area contributed by atoms with E-state index in [0.717, 1.165) is 19.5 Å². The van der Waals surface area contributed by atoms with Crippen LogP contribution in [0, 0.1) is 0 Å². The Kier molecular flexibility index (Phi) is 10.2. The number of rotatable bonds is 9. The minimum absolute atomic E-state index is 0.109. The van der Waals surface area contributed by atoms with Crippen LogP contribution in [0.15, 0.2) is 0 Å². The second-order valence-corrected chi connectivity index (χ2v) is 4.62. The molecule has 0 atom stereocenters. The number of hydrogen-bond acceptors (Lipinski definition) is 4. The van der Waals surface area contributed by atoms with Crippen molar-refractivity contribution in [3.05, 3.63) is 0 Å². The summed E-state index contributed by atoms with van der Waals surface area (Å²) in [6, 6.07) is 0. The van der Waals surface area contributed by atoms with Gasteiger partial charge in [0.15, 0.2) is 0 Å². The highest BCUT2D eigenvalue weighted by molar-refractivity contribution is 7.99. The Bertz CT molecular complexity index is 165. The van der Waals surface area contributed by atoms with Crippen LogP contribution in [0.1, 0.15) is 27.2 Å². The lowest BCUT2D eigenvalue weighted by Gasteiger charge is -2.18. The van der Waals surface area contributed by atoms with Crippen molar-refractivity contribution < 1.29 is 9.53 Å². The summed E-state index contributed by atoms with van der Waals surface area (Å²) in [6.45, 7) is 8.89. The van der Waals surface area contributed by atoms with E-state index in [1.807, 2.05) is 18.7 Å². The second kappa shape index (κ2) is 10.3. The molecular formula is C11H23NO2S. The summed E-state index contributed by atoms with van der Waals surface area (Å²) in [4.78, 5) is 13.4. The maximum atomic E-state index is 11.2. The number of ether oxygens (including phenoxy) is 1. The molecule has 0 bridgehead atoms. The zero-order valence-corrected chi connectivity index (χ0v) is 10.9. The first-order valence-electron chi connectivity index (χ1n) is 5.70. The zero-order chi connectivity index (χ0) is 11.5. The average Bonchev–Trinajstić information content (AvgIpc) is 2.23. The molecular weight excluding hydrogens is 210 g/mol. The molecule has 0 aromatic rings. The minimum atomic E-state index is -0.109. The van der Waals surface area contributed by atoms with Gasteiger partial charge in [-0.2, -0.15) is 11.8 Å². The van der Waals surface area contributed by atoms with E-state index in [0.29, 0.717) is 13.2 Å². The molecule has 0 radical (unpaired) electrons. The SMILES string of the molecule is CCOC(=O)CN(CC)CCCSCC. The topological polar surface area (TPSA) is 29.5 Å². The summed E-state index contributed by atoms with van der Waals surface area (Å²) in [5.74, 6) is 2.24. The van der Waals surface area contributed by atoms with Crippen molar-refractivity contribution in [1.82, 2.24) is 4.90 Å². The van der Waals surface area contributed by atoms with E-state index in [4.69, 9.17) is 4.74 Å². The molecule has 0 fully saturated rings. The van der Waals surface area contributed by atoms with Gasteiger partial charge in [-0.1, -0.05) is 13.8 Å². The van der Waals surface area contributed by atoms with Gasteiger partial charge in [0.2, 0.25) is 0 Å². The number of esters is 1. The maximum absolute atomic E-state index is 11.2. The van der Waals surface area contributed by atoms with Gasteiger partial charge in [0.05, 0.1) is 13.2 Å². The van der Waals surface area contributed by atoms with Gasteiger partial charge in [0.25, 0.3) is 0 Å². The molecule has 0 amide bonds. The predicted molar refractivity (Wildman–Crippen MR) is 66.4 cm³/mol. The quantitative estimate of drug-likeness (QED) is 0.450. The van der Waals surface area contributed by atoms with Crippen LogP contribution < -0.4 is 0 Å². The molecule has 4 heteroatoms. The predicted octanol–water partition coefficient (Wildman–Crippen LogP) is 2.01. The summed E-state index contributed by atoms with van der Waals surface area (Å²) >= 11 is 1.95. The smallest absolute Gasteiger partial charge is 0.320 e. The first kappa shape index (κ1) is 14.8. The van der Waals surface area contributed by atoms with Gasteiger partial charge >= 0.3 is 5.97 Å². The van der Waals surface area contributed by atoms with Crippen molar-refractivity contribution >= 4 is 17.7 Å². The fourth-order valence-electron chi connectivity index (χ4n) is 1.27. The third-order valence-corrected chi connectivity index (χ3v) is 3.06. The van der Waals surface area contributed by atoms with Gasteiger partial charge in [0, 0.05) is 0 Å². The molecule has 15 heavy (non-hydrogen) atoms. The molecule has 0 rings (SSSR count). The summed E-state index contributed by atoms with van der Waals surface area (Å²) in [6.07, 6.45) is 1.14. The first-order chi connectivity index (χ1) is 7.24. The number of nitrogens with zero attached hydrogens (tertiary/aromatic N) is 1. The Morgan fingerprint density at radius 3 is 2.60 bits per heavy atom. The molecule has 0 aromatic carbocycles. The lowest BCUT2D eigenvalue weighted by Crippen LogP contribution is -2.32. The molecule has 3 nitrogen and oxygen atoms in total. The van der Waals surface area contributed by atoms with Gasteiger partial charge < -0.3 is 4.74 Å². The van der Waals surface area contributed by atoms with E-state index in [-0.39, 0.29) is 5.97 Å². The molecule has 0 aliphatic heterocycles. The highest BCUT2D eigenvalue weighted by Crippen LogP contribution is 2.02. The molecule has 0 unspecified atom stereocenters. The lowest BCUT2D eigenvalue weighted by molar-refractivity contribution is -0.144. The molecule has 0 N–H and O–H groups in total. The Labute approximate surface area is 97.5 Å². The van der Waals surface area contributed by atoms with Crippen LogP contribution in [0.2, 0.25) is 0 Å². The van der Waals surface area contributed by atoms with Gasteiger partial charge in [-0.25, -0.2) is 0 Å². The number of hydrogen-bond donors (Lipinski definition) is 0. The standard InChI is InChI=1S/C11H23NO2S/c1-4-12(8-7-9-15-6-3)10-11(13)14-5-2/h4-10H2,1-3H3. The third-order valence-electron chi connectivity index (χ3n) is 2.07. The van der Waals surface area contributed by atoms with Crippen molar-refractivity contribution in [2.45, 2.75) is 27.2 Å².